The lowest BCUT2D eigenvalue weighted by atomic mass is 10.1. The molecule has 3 aromatic rings. The highest BCUT2D eigenvalue weighted by atomic mass is 35.5. The fraction of sp³-hybridized carbons (Fsp3) is 0.435. The maximum absolute atomic E-state index is 12.7. The van der Waals surface area contributed by atoms with Gasteiger partial charge in [0.25, 0.3) is 0 Å². The number of benzene rings is 2. The predicted molar refractivity (Wildman–Crippen MR) is 114 cm³/mol. The van der Waals surface area contributed by atoms with Gasteiger partial charge in [-0.2, -0.15) is 0 Å². The zero-order valence-corrected chi connectivity index (χ0v) is 19.6. The molecule has 7 nitrogen and oxygen atoms in total. The van der Waals surface area contributed by atoms with Gasteiger partial charge in [-0.25, -0.2) is 0 Å². The van der Waals surface area contributed by atoms with Crippen LogP contribution in [0.2, 0.25) is 0 Å². The minimum absolute atomic E-state index is 0. The van der Waals surface area contributed by atoms with E-state index in [9.17, 15) is 9.90 Å². The van der Waals surface area contributed by atoms with Crippen molar-refractivity contribution < 1.29 is 54.0 Å². The van der Waals surface area contributed by atoms with Gasteiger partial charge in [0, 0.05) is 6.07 Å². The molecule has 0 aliphatic carbocycles. The van der Waals surface area contributed by atoms with E-state index in [-0.39, 0.29) is 43.5 Å². The topological polar surface area (TPSA) is 88.8 Å². The number of hydrogen-bond acceptors (Lipinski definition) is 5. The lowest BCUT2D eigenvalue weighted by Gasteiger charge is -2.30. The van der Waals surface area contributed by atoms with E-state index in [0.29, 0.717) is 34.2 Å². The molecule has 1 aliphatic heterocycles. The van der Waals surface area contributed by atoms with E-state index in [1.54, 1.807) is 18.2 Å². The first-order valence-corrected chi connectivity index (χ1v) is 10.6. The normalized spacial score (nSPS) is 19.2. The Morgan fingerprint density at radius 2 is 1.72 bits per heavy atom. The van der Waals surface area contributed by atoms with Gasteiger partial charge in [0.2, 0.25) is 5.43 Å². The molecule has 1 aliphatic rings. The average Bonchev–Trinajstić information content (AvgIpc) is 2.74. The number of nitrogens with one attached hydrogen (secondary N) is 2. The molecular weight excluding hydrogens is 455 g/mol. The van der Waals surface area contributed by atoms with Crippen molar-refractivity contribution in [3.05, 3.63) is 52.2 Å². The number of fused-ring (bicyclic) bond motifs is 2. The fourth-order valence-electron chi connectivity index (χ4n) is 4.19. The van der Waals surface area contributed by atoms with Crippen LogP contribution in [0.25, 0.3) is 21.9 Å². The molecule has 176 valence electrons. The minimum Gasteiger partial charge on any atom is -1.00 e. The van der Waals surface area contributed by atoms with Crippen molar-refractivity contribution >= 4 is 21.9 Å². The van der Waals surface area contributed by atoms with Crippen LogP contribution >= 0.6 is 0 Å². The zero-order chi connectivity index (χ0) is 21.1. The van der Waals surface area contributed by atoms with Crippen LogP contribution in [0.1, 0.15) is 5.56 Å². The summed E-state index contributed by atoms with van der Waals surface area (Å²) in [5.41, 5.74) is 2.01. The first kappa shape index (κ1) is 26.4. The van der Waals surface area contributed by atoms with E-state index < -0.39 is 6.10 Å². The molecule has 1 unspecified atom stereocenters. The highest BCUT2D eigenvalue weighted by Gasteiger charge is 2.24. The van der Waals surface area contributed by atoms with Gasteiger partial charge in [-0.1, -0.05) is 11.6 Å². The fourth-order valence-corrected chi connectivity index (χ4v) is 4.19. The highest BCUT2D eigenvalue weighted by molar-refractivity contribution is 5.90. The Kier molecular flexibility index (Phi) is 9.76. The molecule has 1 aromatic heterocycles. The van der Waals surface area contributed by atoms with Gasteiger partial charge < -0.3 is 54.0 Å². The maximum Gasteiger partial charge on any atom is 0.200 e. The molecule has 4 N–H and O–H groups in total. The smallest absolute Gasteiger partial charge is 0.200 e. The van der Waals surface area contributed by atoms with Crippen LogP contribution < -0.4 is 44.8 Å². The van der Waals surface area contributed by atoms with Gasteiger partial charge in [-0.05, 0) is 31.2 Å². The molecule has 32 heavy (non-hydrogen) atoms. The Morgan fingerprint density at radius 3 is 2.44 bits per heavy atom. The SMILES string of the molecule is Cc1ccc2oc3cc(OCC(O)C[NH+]4CC[NH+](CCO)CC4)ccc3c(=O)c2c1.[Cl-].[Cl-]. The van der Waals surface area contributed by atoms with Gasteiger partial charge >= 0.3 is 0 Å². The molecule has 2 heterocycles. The molecule has 2 aromatic carbocycles. The number of hydrogen-bond donors (Lipinski definition) is 4. The third-order valence-electron chi connectivity index (χ3n) is 5.89. The van der Waals surface area contributed by atoms with E-state index in [2.05, 4.69) is 0 Å². The van der Waals surface area contributed by atoms with Crippen LogP contribution in [-0.4, -0.2) is 68.8 Å². The lowest BCUT2D eigenvalue weighted by molar-refractivity contribution is -1.01. The van der Waals surface area contributed by atoms with E-state index in [1.807, 2.05) is 25.1 Å². The Labute approximate surface area is 199 Å². The second kappa shape index (κ2) is 11.8. The molecule has 9 heteroatoms. The first-order chi connectivity index (χ1) is 14.5. The van der Waals surface area contributed by atoms with Gasteiger partial charge in [-0.3, -0.25) is 4.79 Å². The quantitative estimate of drug-likeness (QED) is 0.250. The highest BCUT2D eigenvalue weighted by Crippen LogP contribution is 2.23. The summed E-state index contributed by atoms with van der Waals surface area (Å²) >= 11 is 0. The summed E-state index contributed by atoms with van der Waals surface area (Å²) in [6.45, 7) is 7.80. The van der Waals surface area contributed by atoms with Crippen molar-refractivity contribution in [2.45, 2.75) is 13.0 Å². The van der Waals surface area contributed by atoms with E-state index in [4.69, 9.17) is 14.3 Å². The van der Waals surface area contributed by atoms with Crippen molar-refractivity contribution in [2.75, 3.05) is 52.5 Å². The number of rotatable bonds is 7. The Morgan fingerprint density at radius 1 is 1.00 bits per heavy atom. The maximum atomic E-state index is 12.7. The van der Waals surface area contributed by atoms with Gasteiger partial charge in [-0.15, -0.1) is 0 Å². The molecule has 0 amide bonds. The molecular formula is C23H30Cl2N2O5. The lowest BCUT2D eigenvalue weighted by Crippen LogP contribution is -3.28. The third-order valence-corrected chi connectivity index (χ3v) is 5.89. The summed E-state index contributed by atoms with van der Waals surface area (Å²) in [7, 11) is 0. The van der Waals surface area contributed by atoms with Crippen LogP contribution in [0.5, 0.6) is 5.75 Å². The van der Waals surface area contributed by atoms with Crippen LogP contribution in [-0.2, 0) is 0 Å². The molecule has 0 bridgehead atoms. The standard InChI is InChI=1S/C23H28N2O5.2ClH/c1-16-2-5-21-20(12-16)23(28)19-4-3-18(13-22(19)30-21)29-15-17(27)14-25-8-6-24(7-9-25)10-11-26;;/h2-5,12-13,17,26-27H,6-11,14-15H2,1H3;2*1H. The Bertz CT molecular complexity index is 1080. The van der Waals surface area contributed by atoms with Gasteiger partial charge in [0.15, 0.2) is 0 Å². The molecule has 0 radical (unpaired) electrons. The summed E-state index contributed by atoms with van der Waals surface area (Å²) < 4.78 is 11.7. The zero-order valence-electron chi connectivity index (χ0n) is 18.1. The molecule has 4 rings (SSSR count). The summed E-state index contributed by atoms with van der Waals surface area (Å²) in [5, 5.41) is 20.5. The summed E-state index contributed by atoms with van der Waals surface area (Å²) in [5.74, 6) is 0.573. The van der Waals surface area contributed by atoms with Crippen LogP contribution in [0, 0.1) is 6.92 Å². The van der Waals surface area contributed by atoms with Crippen LogP contribution in [0.15, 0.2) is 45.6 Å². The summed E-state index contributed by atoms with van der Waals surface area (Å²) in [6, 6.07) is 10.8. The molecule has 1 saturated heterocycles. The Hall–Kier alpha value is -1.87. The number of piperazine rings is 1. The van der Waals surface area contributed by atoms with Gasteiger partial charge in [0.1, 0.15) is 68.9 Å². The number of ether oxygens (including phenoxy) is 1. The predicted octanol–water partition coefficient (Wildman–Crippen LogP) is -7.22. The van der Waals surface area contributed by atoms with Crippen molar-refractivity contribution in [3.63, 3.8) is 0 Å². The van der Waals surface area contributed by atoms with E-state index >= 15 is 0 Å². The number of halogens is 2. The van der Waals surface area contributed by atoms with Crippen molar-refractivity contribution in [1.29, 1.82) is 0 Å². The number of aryl methyl sites for hydroxylation is 1. The van der Waals surface area contributed by atoms with Crippen LogP contribution in [0.3, 0.4) is 0 Å². The minimum atomic E-state index is -0.568. The molecule has 1 atom stereocenters. The second-order valence-corrected chi connectivity index (χ2v) is 8.23. The summed E-state index contributed by atoms with van der Waals surface area (Å²) in [4.78, 5) is 15.5. The van der Waals surface area contributed by atoms with E-state index in [1.165, 1.54) is 9.80 Å². The first-order valence-electron chi connectivity index (χ1n) is 10.6. The molecule has 0 spiro atoms. The average molecular weight is 485 g/mol. The van der Waals surface area contributed by atoms with Gasteiger partial charge in [0.05, 0.1) is 17.4 Å². The number of quaternary nitrogens is 2. The number of aliphatic hydroxyl groups excluding tert-OH is 2. The number of aliphatic hydroxyl groups is 2. The second-order valence-electron chi connectivity index (χ2n) is 8.23. The third kappa shape index (κ3) is 6.13. The summed E-state index contributed by atoms with van der Waals surface area (Å²) in [6.07, 6.45) is -0.568. The monoisotopic (exact) mass is 484 g/mol. The van der Waals surface area contributed by atoms with E-state index in [0.717, 1.165) is 38.3 Å². The van der Waals surface area contributed by atoms with Crippen molar-refractivity contribution in [3.8, 4) is 5.75 Å². The molecule has 0 saturated carbocycles. The Balaban J connectivity index is 0.00000181. The largest absolute Gasteiger partial charge is 1.00 e. The van der Waals surface area contributed by atoms with Crippen molar-refractivity contribution in [2.24, 2.45) is 0 Å². The van der Waals surface area contributed by atoms with Crippen LogP contribution in [0.4, 0.5) is 0 Å². The van der Waals surface area contributed by atoms with Crippen molar-refractivity contribution in [1.82, 2.24) is 0 Å². The molecule has 1 fully saturated rings.